The van der Waals surface area contributed by atoms with Gasteiger partial charge in [-0.15, -0.1) is 0 Å². The van der Waals surface area contributed by atoms with Gasteiger partial charge in [-0.3, -0.25) is 14.5 Å². The third kappa shape index (κ3) is 5.19. The van der Waals surface area contributed by atoms with E-state index in [1.54, 1.807) is 0 Å². The lowest BCUT2D eigenvalue weighted by Crippen LogP contribution is -2.36. The number of carbonyl (C=O) groups is 2. The fourth-order valence-electron chi connectivity index (χ4n) is 3.78. The van der Waals surface area contributed by atoms with Crippen LogP contribution in [0.15, 0.2) is 60.3 Å². The lowest BCUT2D eigenvalue weighted by molar-refractivity contribution is -0.137. The minimum absolute atomic E-state index is 0.113. The molecular formula is C26H32N2O4. The summed E-state index contributed by atoms with van der Waals surface area (Å²) in [4.78, 5) is 30.2. The van der Waals surface area contributed by atoms with Crippen molar-refractivity contribution in [3.63, 3.8) is 0 Å². The third-order valence-electron chi connectivity index (χ3n) is 5.23. The molecule has 0 spiro atoms. The SMILES string of the molecule is CCOc1ccc(C2=C(N(CC)c3ccccc3)C(=O)N(CCCOC(C)C)C2=O)cc1. The average Bonchev–Trinajstić information content (AvgIpc) is 3.03. The maximum atomic E-state index is 13.5. The largest absolute Gasteiger partial charge is 0.494 e. The van der Waals surface area contributed by atoms with Gasteiger partial charge in [0, 0.05) is 25.4 Å². The summed E-state index contributed by atoms with van der Waals surface area (Å²) >= 11 is 0. The number of nitrogens with zero attached hydrogens (tertiary/aromatic N) is 2. The first kappa shape index (κ1) is 23.5. The lowest BCUT2D eigenvalue weighted by atomic mass is 10.0. The summed E-state index contributed by atoms with van der Waals surface area (Å²) in [7, 11) is 0. The van der Waals surface area contributed by atoms with E-state index in [2.05, 4.69) is 0 Å². The molecule has 1 aliphatic rings. The molecule has 6 nitrogen and oxygen atoms in total. The predicted octanol–water partition coefficient (Wildman–Crippen LogP) is 4.51. The van der Waals surface area contributed by atoms with Crippen LogP contribution in [0.1, 0.15) is 39.7 Å². The number of rotatable bonds is 11. The molecule has 1 heterocycles. The van der Waals surface area contributed by atoms with Crippen LogP contribution in [0.4, 0.5) is 5.69 Å². The van der Waals surface area contributed by atoms with Gasteiger partial charge < -0.3 is 14.4 Å². The van der Waals surface area contributed by atoms with E-state index in [1.165, 1.54) is 4.90 Å². The van der Waals surface area contributed by atoms with E-state index in [4.69, 9.17) is 9.47 Å². The van der Waals surface area contributed by atoms with Gasteiger partial charge in [0.1, 0.15) is 11.4 Å². The fourth-order valence-corrected chi connectivity index (χ4v) is 3.78. The highest BCUT2D eigenvalue weighted by Gasteiger charge is 2.41. The number of anilines is 1. The van der Waals surface area contributed by atoms with Crippen LogP contribution in [0.25, 0.3) is 5.57 Å². The molecule has 0 N–H and O–H groups in total. The molecule has 3 rings (SSSR count). The average molecular weight is 437 g/mol. The number of carbonyl (C=O) groups excluding carboxylic acids is 2. The van der Waals surface area contributed by atoms with Gasteiger partial charge in [-0.1, -0.05) is 30.3 Å². The minimum Gasteiger partial charge on any atom is -0.494 e. The Bertz CT molecular complexity index is 952. The Morgan fingerprint density at radius 2 is 1.62 bits per heavy atom. The Labute approximate surface area is 190 Å². The molecule has 170 valence electrons. The number of amides is 2. The van der Waals surface area contributed by atoms with E-state index in [1.807, 2.05) is 87.2 Å². The standard InChI is InChI=1S/C26H32N2O4/c1-5-27(21-11-8-7-9-12-21)24-23(20-13-15-22(16-14-20)31-6-2)25(29)28(26(24)30)17-10-18-32-19(3)4/h7-9,11-16,19H,5-6,10,17-18H2,1-4H3. The van der Waals surface area contributed by atoms with Crippen molar-refractivity contribution in [1.82, 2.24) is 4.90 Å². The van der Waals surface area contributed by atoms with Crippen LogP contribution in [0.5, 0.6) is 5.75 Å². The number of likely N-dealkylation sites (N-methyl/N-ethyl adjacent to an activating group) is 1. The molecular weight excluding hydrogens is 404 g/mol. The number of benzene rings is 2. The molecule has 32 heavy (non-hydrogen) atoms. The first-order chi connectivity index (χ1) is 15.5. The van der Waals surface area contributed by atoms with Crippen LogP contribution in [0, 0.1) is 0 Å². The summed E-state index contributed by atoms with van der Waals surface area (Å²) < 4.78 is 11.1. The molecule has 6 heteroatoms. The molecule has 0 aliphatic carbocycles. The van der Waals surface area contributed by atoms with E-state index in [0.717, 1.165) is 11.4 Å². The van der Waals surface area contributed by atoms with E-state index < -0.39 is 0 Å². The quantitative estimate of drug-likeness (QED) is 0.383. The van der Waals surface area contributed by atoms with Crippen LogP contribution < -0.4 is 9.64 Å². The van der Waals surface area contributed by atoms with Crippen LogP contribution >= 0.6 is 0 Å². The van der Waals surface area contributed by atoms with Crippen molar-refractivity contribution >= 4 is 23.1 Å². The Morgan fingerprint density at radius 3 is 2.22 bits per heavy atom. The molecule has 0 unspecified atom stereocenters. The van der Waals surface area contributed by atoms with Crippen molar-refractivity contribution in [2.45, 2.75) is 40.2 Å². The van der Waals surface area contributed by atoms with Crippen LogP contribution in [0.2, 0.25) is 0 Å². The van der Waals surface area contributed by atoms with Crippen LogP contribution in [0.3, 0.4) is 0 Å². The highest BCUT2D eigenvalue weighted by Crippen LogP contribution is 2.34. The van der Waals surface area contributed by atoms with Crippen LogP contribution in [-0.2, 0) is 14.3 Å². The van der Waals surface area contributed by atoms with Gasteiger partial charge >= 0.3 is 0 Å². The van der Waals surface area contributed by atoms with Gasteiger partial charge in [-0.25, -0.2) is 0 Å². The minimum atomic E-state index is -0.270. The molecule has 0 radical (unpaired) electrons. The van der Waals surface area contributed by atoms with Crippen LogP contribution in [-0.4, -0.2) is 49.1 Å². The first-order valence-electron chi connectivity index (χ1n) is 11.3. The summed E-state index contributed by atoms with van der Waals surface area (Å²) in [6, 6.07) is 17.0. The Kier molecular flexibility index (Phi) is 8.06. The topological polar surface area (TPSA) is 59.1 Å². The van der Waals surface area contributed by atoms with E-state index in [-0.39, 0.29) is 17.9 Å². The Morgan fingerprint density at radius 1 is 0.938 bits per heavy atom. The second-order valence-corrected chi connectivity index (χ2v) is 7.80. The Hall–Kier alpha value is -3.12. The summed E-state index contributed by atoms with van der Waals surface area (Å²) in [5.74, 6) is 0.190. The monoisotopic (exact) mass is 436 g/mol. The first-order valence-corrected chi connectivity index (χ1v) is 11.3. The van der Waals surface area contributed by atoms with Gasteiger partial charge in [0.2, 0.25) is 0 Å². The van der Waals surface area contributed by atoms with E-state index >= 15 is 0 Å². The van der Waals surface area contributed by atoms with Gasteiger partial charge in [0.15, 0.2) is 0 Å². The Balaban J connectivity index is 1.98. The highest BCUT2D eigenvalue weighted by molar-refractivity contribution is 6.36. The number of ether oxygens (including phenoxy) is 2. The van der Waals surface area contributed by atoms with Gasteiger partial charge in [-0.2, -0.15) is 0 Å². The summed E-state index contributed by atoms with van der Waals surface area (Å²) in [5.41, 5.74) is 2.42. The zero-order valence-electron chi connectivity index (χ0n) is 19.3. The van der Waals surface area contributed by atoms with Crippen molar-refractivity contribution in [3.8, 4) is 5.75 Å². The van der Waals surface area contributed by atoms with Gasteiger partial charge in [0.05, 0.1) is 18.3 Å². The second kappa shape index (κ2) is 11.0. The number of hydrogen-bond donors (Lipinski definition) is 0. The molecule has 2 aromatic carbocycles. The smallest absolute Gasteiger partial charge is 0.278 e. The molecule has 0 aromatic heterocycles. The van der Waals surface area contributed by atoms with E-state index in [9.17, 15) is 9.59 Å². The summed E-state index contributed by atoms with van der Waals surface area (Å²) in [6.45, 7) is 9.78. The zero-order chi connectivity index (χ0) is 23.1. The normalized spacial score (nSPS) is 14.0. The molecule has 1 aliphatic heterocycles. The predicted molar refractivity (Wildman–Crippen MR) is 126 cm³/mol. The van der Waals surface area contributed by atoms with Crippen molar-refractivity contribution in [2.24, 2.45) is 0 Å². The number of imide groups is 1. The summed E-state index contributed by atoms with van der Waals surface area (Å²) in [6.07, 6.45) is 0.707. The number of hydrogen-bond acceptors (Lipinski definition) is 5. The van der Waals surface area contributed by atoms with Gasteiger partial charge in [-0.05, 0) is 63.9 Å². The lowest BCUT2D eigenvalue weighted by Gasteiger charge is -2.25. The maximum absolute atomic E-state index is 13.5. The molecule has 0 bridgehead atoms. The fraction of sp³-hybridized carbons (Fsp3) is 0.385. The zero-order valence-corrected chi connectivity index (χ0v) is 19.3. The molecule has 0 saturated carbocycles. The molecule has 2 amide bonds. The van der Waals surface area contributed by atoms with Gasteiger partial charge in [0.25, 0.3) is 11.8 Å². The second-order valence-electron chi connectivity index (χ2n) is 7.80. The third-order valence-corrected chi connectivity index (χ3v) is 5.23. The van der Waals surface area contributed by atoms with Crippen molar-refractivity contribution in [1.29, 1.82) is 0 Å². The highest BCUT2D eigenvalue weighted by atomic mass is 16.5. The van der Waals surface area contributed by atoms with Crippen molar-refractivity contribution in [2.75, 3.05) is 31.2 Å². The number of para-hydroxylation sites is 1. The molecule has 0 atom stereocenters. The molecule has 2 aromatic rings. The van der Waals surface area contributed by atoms with E-state index in [0.29, 0.717) is 49.6 Å². The van der Waals surface area contributed by atoms with Crippen molar-refractivity contribution in [3.05, 3.63) is 65.9 Å². The summed E-state index contributed by atoms with van der Waals surface area (Å²) in [5, 5.41) is 0. The maximum Gasteiger partial charge on any atom is 0.278 e. The molecule has 0 fully saturated rings. The molecule has 0 saturated heterocycles. The van der Waals surface area contributed by atoms with Crippen molar-refractivity contribution < 1.29 is 19.1 Å².